The molecular weight excluding hydrogens is 272 g/mol. The number of rotatable bonds is 5. The monoisotopic (exact) mass is 300 g/mol. The van der Waals surface area contributed by atoms with Crippen LogP contribution in [0.5, 0.6) is 0 Å². The van der Waals surface area contributed by atoms with E-state index in [4.69, 9.17) is 4.74 Å². The van der Waals surface area contributed by atoms with Crippen LogP contribution in [0, 0.1) is 13.8 Å². The molecule has 0 amide bonds. The third-order valence-corrected chi connectivity index (χ3v) is 4.93. The first-order valence-electron chi connectivity index (χ1n) is 8.59. The molecule has 1 fully saturated rings. The van der Waals surface area contributed by atoms with E-state index in [1.165, 1.54) is 41.5 Å². The lowest BCUT2D eigenvalue weighted by molar-refractivity contribution is 0.0375. The SMILES string of the molecule is CCn1c(C)c(CCCN2CCOCC2)c2cc(C)ccc21. The number of hydrogen-bond donors (Lipinski definition) is 0. The van der Waals surface area contributed by atoms with Crippen molar-refractivity contribution < 1.29 is 4.74 Å². The Hall–Kier alpha value is -1.32. The first-order chi connectivity index (χ1) is 10.7. The van der Waals surface area contributed by atoms with E-state index in [-0.39, 0.29) is 0 Å². The Morgan fingerprint density at radius 3 is 2.64 bits per heavy atom. The van der Waals surface area contributed by atoms with Gasteiger partial charge in [-0.3, -0.25) is 4.90 Å². The second-order valence-corrected chi connectivity index (χ2v) is 6.39. The fourth-order valence-corrected chi connectivity index (χ4v) is 3.69. The van der Waals surface area contributed by atoms with Crippen LogP contribution in [0.3, 0.4) is 0 Å². The van der Waals surface area contributed by atoms with Crippen LogP contribution >= 0.6 is 0 Å². The third-order valence-electron chi connectivity index (χ3n) is 4.93. The summed E-state index contributed by atoms with van der Waals surface area (Å²) in [6.45, 7) is 12.9. The normalized spacial score (nSPS) is 16.5. The molecule has 22 heavy (non-hydrogen) atoms. The summed E-state index contributed by atoms with van der Waals surface area (Å²) in [5.74, 6) is 0. The Morgan fingerprint density at radius 2 is 1.91 bits per heavy atom. The number of aromatic nitrogens is 1. The van der Waals surface area contributed by atoms with Gasteiger partial charge in [0.05, 0.1) is 13.2 Å². The number of morpholine rings is 1. The molecule has 1 saturated heterocycles. The first-order valence-corrected chi connectivity index (χ1v) is 8.59. The van der Waals surface area contributed by atoms with Crippen molar-refractivity contribution in [3.63, 3.8) is 0 Å². The van der Waals surface area contributed by atoms with Crippen molar-refractivity contribution in [2.75, 3.05) is 32.8 Å². The molecule has 0 aliphatic carbocycles. The molecule has 0 atom stereocenters. The minimum atomic E-state index is 0.896. The number of nitrogens with zero attached hydrogens (tertiary/aromatic N) is 2. The van der Waals surface area contributed by atoms with Gasteiger partial charge in [-0.1, -0.05) is 11.6 Å². The van der Waals surface area contributed by atoms with Crippen LogP contribution in [0.15, 0.2) is 18.2 Å². The molecule has 3 heteroatoms. The lowest BCUT2D eigenvalue weighted by atomic mass is 10.0. The van der Waals surface area contributed by atoms with Gasteiger partial charge in [0, 0.05) is 36.2 Å². The lowest BCUT2D eigenvalue weighted by Crippen LogP contribution is -2.36. The maximum atomic E-state index is 5.43. The zero-order valence-electron chi connectivity index (χ0n) is 14.2. The molecule has 2 aromatic rings. The van der Waals surface area contributed by atoms with Gasteiger partial charge in [0.15, 0.2) is 0 Å². The van der Waals surface area contributed by atoms with E-state index in [0.717, 1.165) is 32.8 Å². The second kappa shape index (κ2) is 6.84. The Morgan fingerprint density at radius 1 is 1.14 bits per heavy atom. The zero-order valence-corrected chi connectivity index (χ0v) is 14.2. The fraction of sp³-hybridized carbons (Fsp3) is 0.579. The van der Waals surface area contributed by atoms with Crippen LogP contribution in [0.2, 0.25) is 0 Å². The number of benzene rings is 1. The average molecular weight is 300 g/mol. The van der Waals surface area contributed by atoms with Crippen molar-refractivity contribution in [2.24, 2.45) is 0 Å². The number of hydrogen-bond acceptors (Lipinski definition) is 2. The fourth-order valence-electron chi connectivity index (χ4n) is 3.69. The van der Waals surface area contributed by atoms with Crippen molar-refractivity contribution in [3.8, 4) is 0 Å². The molecule has 120 valence electrons. The molecule has 0 N–H and O–H groups in total. The van der Waals surface area contributed by atoms with E-state index in [1.807, 2.05) is 0 Å². The Balaban J connectivity index is 1.77. The van der Waals surface area contributed by atoms with Crippen LogP contribution in [-0.4, -0.2) is 42.3 Å². The summed E-state index contributed by atoms with van der Waals surface area (Å²) in [4.78, 5) is 2.53. The molecule has 2 heterocycles. The van der Waals surface area contributed by atoms with Crippen molar-refractivity contribution in [2.45, 2.75) is 40.2 Å². The molecule has 1 aromatic heterocycles. The quantitative estimate of drug-likeness (QED) is 0.840. The summed E-state index contributed by atoms with van der Waals surface area (Å²) in [6.07, 6.45) is 2.41. The summed E-state index contributed by atoms with van der Waals surface area (Å²) in [6, 6.07) is 6.87. The molecule has 0 saturated carbocycles. The van der Waals surface area contributed by atoms with Crippen LogP contribution in [-0.2, 0) is 17.7 Å². The molecule has 3 nitrogen and oxygen atoms in total. The van der Waals surface area contributed by atoms with E-state index in [1.54, 1.807) is 5.56 Å². The van der Waals surface area contributed by atoms with Crippen molar-refractivity contribution >= 4 is 10.9 Å². The van der Waals surface area contributed by atoms with E-state index in [2.05, 4.69) is 48.4 Å². The van der Waals surface area contributed by atoms with Gasteiger partial charge in [-0.2, -0.15) is 0 Å². The molecule has 0 bridgehead atoms. The van der Waals surface area contributed by atoms with Crippen LogP contribution < -0.4 is 0 Å². The largest absolute Gasteiger partial charge is 0.379 e. The first kappa shape index (κ1) is 15.6. The van der Waals surface area contributed by atoms with Crippen LogP contribution in [0.25, 0.3) is 10.9 Å². The standard InChI is InChI=1S/C19H28N2O/c1-4-21-16(3)17(18-14-15(2)7-8-19(18)21)6-5-9-20-10-12-22-13-11-20/h7-8,14H,4-6,9-13H2,1-3H3. The van der Waals surface area contributed by atoms with E-state index in [0.29, 0.717) is 0 Å². The Bertz CT molecular complexity index is 638. The van der Waals surface area contributed by atoms with E-state index >= 15 is 0 Å². The van der Waals surface area contributed by atoms with Gasteiger partial charge in [0.2, 0.25) is 0 Å². The molecule has 1 aliphatic rings. The van der Waals surface area contributed by atoms with Crippen molar-refractivity contribution in [1.29, 1.82) is 0 Å². The Labute approximate surface area is 133 Å². The minimum Gasteiger partial charge on any atom is -0.379 e. The van der Waals surface area contributed by atoms with Crippen molar-refractivity contribution in [3.05, 3.63) is 35.0 Å². The Kier molecular flexibility index (Phi) is 4.84. The predicted octanol–water partition coefficient (Wildman–Crippen LogP) is 3.54. The van der Waals surface area contributed by atoms with Crippen molar-refractivity contribution in [1.82, 2.24) is 9.47 Å². The predicted molar refractivity (Wildman–Crippen MR) is 92.7 cm³/mol. The van der Waals surface area contributed by atoms with Gasteiger partial charge in [-0.25, -0.2) is 0 Å². The highest BCUT2D eigenvalue weighted by Gasteiger charge is 2.14. The van der Waals surface area contributed by atoms with Crippen LogP contribution in [0.4, 0.5) is 0 Å². The highest BCUT2D eigenvalue weighted by molar-refractivity contribution is 5.86. The van der Waals surface area contributed by atoms with Gasteiger partial charge < -0.3 is 9.30 Å². The molecule has 0 spiro atoms. The number of fused-ring (bicyclic) bond motifs is 1. The van der Waals surface area contributed by atoms with Gasteiger partial charge in [0.25, 0.3) is 0 Å². The average Bonchev–Trinajstić information content (AvgIpc) is 2.79. The molecule has 1 aliphatic heterocycles. The molecule has 3 rings (SSSR count). The van der Waals surface area contributed by atoms with Gasteiger partial charge in [0.1, 0.15) is 0 Å². The molecule has 0 radical (unpaired) electrons. The highest BCUT2D eigenvalue weighted by atomic mass is 16.5. The zero-order chi connectivity index (χ0) is 15.5. The van der Waals surface area contributed by atoms with Gasteiger partial charge >= 0.3 is 0 Å². The smallest absolute Gasteiger partial charge is 0.0594 e. The molecule has 1 aromatic carbocycles. The summed E-state index contributed by atoms with van der Waals surface area (Å²) in [5.41, 5.74) is 5.75. The summed E-state index contributed by atoms with van der Waals surface area (Å²) in [7, 11) is 0. The number of aryl methyl sites for hydroxylation is 3. The summed E-state index contributed by atoms with van der Waals surface area (Å²) in [5, 5.41) is 1.46. The molecular formula is C19H28N2O. The van der Waals surface area contributed by atoms with Crippen LogP contribution in [0.1, 0.15) is 30.2 Å². The second-order valence-electron chi connectivity index (χ2n) is 6.39. The maximum absolute atomic E-state index is 5.43. The maximum Gasteiger partial charge on any atom is 0.0594 e. The lowest BCUT2D eigenvalue weighted by Gasteiger charge is -2.26. The molecule has 0 unspecified atom stereocenters. The number of ether oxygens (including phenoxy) is 1. The van der Waals surface area contributed by atoms with Gasteiger partial charge in [-0.15, -0.1) is 0 Å². The topological polar surface area (TPSA) is 17.4 Å². The summed E-state index contributed by atoms with van der Waals surface area (Å²) >= 11 is 0. The van der Waals surface area contributed by atoms with Gasteiger partial charge in [-0.05, 0) is 57.9 Å². The van der Waals surface area contributed by atoms with E-state index in [9.17, 15) is 0 Å². The summed E-state index contributed by atoms with van der Waals surface area (Å²) < 4.78 is 7.88. The third kappa shape index (κ3) is 3.06. The minimum absolute atomic E-state index is 0.896. The van der Waals surface area contributed by atoms with E-state index < -0.39 is 0 Å². The highest BCUT2D eigenvalue weighted by Crippen LogP contribution is 2.28.